The van der Waals surface area contributed by atoms with Crippen molar-refractivity contribution in [2.24, 2.45) is 4.99 Å². The number of hydrogen-bond acceptors (Lipinski definition) is 12. The van der Waals surface area contributed by atoms with Gasteiger partial charge in [0.25, 0.3) is 11.2 Å². The maximum absolute atomic E-state index is 14.1. The lowest BCUT2D eigenvalue weighted by Crippen LogP contribution is -2.40. The standard InChI is InChI=1S/C35H32BrN3O10S/c1-5-46-28-17-23(10-14-27(28)49-19-30(40)45-4)32-31(34(42)47-6-2)20(3)37-35-38(32)33(41)29(50-35)16-22-9-13-26(25(36)15-22)48-18-21-7-11-24(12-8-21)39(43)44/h7-17,32H,5-6,18-19H2,1-4H3/b29-16-/t32-/m1/s1. The second-order valence-corrected chi connectivity index (χ2v) is 12.6. The Balaban J connectivity index is 1.51. The van der Waals surface area contributed by atoms with Crippen LogP contribution in [0.15, 0.2) is 86.2 Å². The molecule has 5 rings (SSSR count). The molecule has 260 valence electrons. The van der Waals surface area contributed by atoms with Crippen molar-refractivity contribution in [3.05, 3.63) is 123 Å². The van der Waals surface area contributed by atoms with E-state index in [0.717, 1.165) is 5.56 Å². The van der Waals surface area contributed by atoms with Crippen LogP contribution in [0.2, 0.25) is 0 Å². The molecule has 0 spiro atoms. The average Bonchev–Trinajstić information content (AvgIpc) is 3.40. The molecule has 0 N–H and O–H groups in total. The van der Waals surface area contributed by atoms with Crippen LogP contribution in [0, 0.1) is 10.1 Å². The predicted molar refractivity (Wildman–Crippen MR) is 187 cm³/mol. The molecule has 2 heterocycles. The monoisotopic (exact) mass is 765 g/mol. The van der Waals surface area contributed by atoms with Crippen molar-refractivity contribution in [2.45, 2.75) is 33.4 Å². The number of nitrogens with zero attached hydrogens (tertiary/aromatic N) is 3. The molecule has 0 saturated carbocycles. The van der Waals surface area contributed by atoms with Gasteiger partial charge >= 0.3 is 11.9 Å². The van der Waals surface area contributed by atoms with Gasteiger partial charge in [0.1, 0.15) is 12.4 Å². The first-order chi connectivity index (χ1) is 24.0. The number of carbonyl (C=O) groups is 2. The Morgan fingerprint density at radius 2 is 1.74 bits per heavy atom. The molecule has 50 heavy (non-hydrogen) atoms. The fourth-order valence-corrected chi connectivity index (χ4v) is 6.69. The summed E-state index contributed by atoms with van der Waals surface area (Å²) in [6, 6.07) is 15.5. The van der Waals surface area contributed by atoms with Crippen molar-refractivity contribution in [1.29, 1.82) is 0 Å². The summed E-state index contributed by atoms with van der Waals surface area (Å²) < 4.78 is 29.9. The molecule has 0 amide bonds. The summed E-state index contributed by atoms with van der Waals surface area (Å²) in [5, 5.41) is 10.9. The van der Waals surface area contributed by atoms with E-state index in [1.54, 1.807) is 75.4 Å². The first-order valence-electron chi connectivity index (χ1n) is 15.4. The minimum Gasteiger partial charge on any atom is -0.490 e. The number of ether oxygens (including phenoxy) is 5. The van der Waals surface area contributed by atoms with E-state index in [2.05, 4.69) is 25.7 Å². The Kier molecular flexibility index (Phi) is 11.5. The summed E-state index contributed by atoms with van der Waals surface area (Å²) in [6.45, 7) is 5.46. The molecule has 15 heteroatoms. The summed E-state index contributed by atoms with van der Waals surface area (Å²) in [5.41, 5.74) is 2.24. The summed E-state index contributed by atoms with van der Waals surface area (Å²) in [5.74, 6) is -0.0264. The Hall–Kier alpha value is -5.28. The van der Waals surface area contributed by atoms with Gasteiger partial charge in [-0.2, -0.15) is 0 Å². The van der Waals surface area contributed by atoms with Gasteiger partial charge in [-0.25, -0.2) is 14.6 Å². The van der Waals surface area contributed by atoms with Crippen LogP contribution in [0.5, 0.6) is 17.2 Å². The molecule has 1 aliphatic rings. The maximum atomic E-state index is 14.1. The second-order valence-electron chi connectivity index (χ2n) is 10.7. The van der Waals surface area contributed by atoms with Gasteiger partial charge in [0.15, 0.2) is 22.9 Å². The minimum atomic E-state index is -0.900. The van der Waals surface area contributed by atoms with Crippen LogP contribution in [0.3, 0.4) is 0 Å². The van der Waals surface area contributed by atoms with Gasteiger partial charge in [-0.15, -0.1) is 0 Å². The SMILES string of the molecule is CCOC(=O)C1=C(C)N=c2s/c(=C\c3ccc(OCc4ccc([N+](=O)[O-])cc4)c(Br)c3)c(=O)n2[C@@H]1c1ccc(OCC(=O)OC)c(OCC)c1. The first kappa shape index (κ1) is 36.0. The lowest BCUT2D eigenvalue weighted by atomic mass is 9.95. The van der Waals surface area contributed by atoms with E-state index in [1.807, 2.05) is 0 Å². The zero-order valence-electron chi connectivity index (χ0n) is 27.5. The molecule has 4 aromatic rings. The van der Waals surface area contributed by atoms with E-state index in [0.29, 0.717) is 42.1 Å². The van der Waals surface area contributed by atoms with E-state index in [-0.39, 0.29) is 49.0 Å². The van der Waals surface area contributed by atoms with E-state index >= 15 is 0 Å². The van der Waals surface area contributed by atoms with Crippen LogP contribution < -0.4 is 29.1 Å². The number of thiazole rings is 1. The highest BCUT2D eigenvalue weighted by molar-refractivity contribution is 9.10. The molecule has 0 radical (unpaired) electrons. The normalized spacial score (nSPS) is 14.0. The third-order valence-corrected chi connectivity index (χ3v) is 9.07. The zero-order valence-corrected chi connectivity index (χ0v) is 29.9. The third-order valence-electron chi connectivity index (χ3n) is 7.47. The highest BCUT2D eigenvalue weighted by Gasteiger charge is 2.34. The van der Waals surface area contributed by atoms with Gasteiger partial charge < -0.3 is 23.7 Å². The molecule has 0 unspecified atom stereocenters. The fourth-order valence-electron chi connectivity index (χ4n) is 5.14. The van der Waals surface area contributed by atoms with Crippen molar-refractivity contribution < 1.29 is 38.2 Å². The zero-order chi connectivity index (χ0) is 35.9. The number of halogens is 1. The molecule has 1 aliphatic heterocycles. The number of carbonyl (C=O) groups excluding carboxylic acids is 2. The molecule has 0 aliphatic carbocycles. The second kappa shape index (κ2) is 16.0. The van der Waals surface area contributed by atoms with E-state index in [9.17, 15) is 24.5 Å². The summed E-state index contributed by atoms with van der Waals surface area (Å²) in [6.07, 6.45) is 1.73. The number of nitro groups is 1. The molecule has 13 nitrogen and oxygen atoms in total. The highest BCUT2D eigenvalue weighted by atomic mass is 79.9. The van der Waals surface area contributed by atoms with E-state index < -0.39 is 22.9 Å². The first-order valence-corrected chi connectivity index (χ1v) is 17.0. The van der Waals surface area contributed by atoms with Crippen LogP contribution in [0.1, 0.15) is 43.5 Å². The highest BCUT2D eigenvalue weighted by Crippen LogP contribution is 2.36. The van der Waals surface area contributed by atoms with Crippen molar-refractivity contribution in [3.63, 3.8) is 0 Å². The number of methoxy groups -OCH3 is 1. The topological polar surface area (TPSA) is 158 Å². The van der Waals surface area contributed by atoms with Gasteiger partial charge in [-0.1, -0.05) is 23.5 Å². The Morgan fingerprint density at radius 1 is 1.00 bits per heavy atom. The van der Waals surface area contributed by atoms with Gasteiger partial charge in [0, 0.05) is 12.1 Å². The maximum Gasteiger partial charge on any atom is 0.343 e. The number of aromatic nitrogens is 1. The largest absolute Gasteiger partial charge is 0.490 e. The number of allylic oxidation sites excluding steroid dienone is 1. The molecule has 0 saturated heterocycles. The van der Waals surface area contributed by atoms with Crippen LogP contribution in [-0.2, 0) is 25.7 Å². The number of fused-ring (bicyclic) bond motifs is 1. The fraction of sp³-hybridized carbons (Fsp3) is 0.257. The number of esters is 2. The van der Waals surface area contributed by atoms with Crippen molar-refractivity contribution in [3.8, 4) is 17.2 Å². The van der Waals surface area contributed by atoms with Gasteiger partial charge in [-0.3, -0.25) is 19.5 Å². The molecule has 0 bridgehead atoms. The molecular weight excluding hydrogens is 734 g/mol. The average molecular weight is 767 g/mol. The van der Waals surface area contributed by atoms with Crippen LogP contribution in [0.4, 0.5) is 5.69 Å². The number of hydrogen-bond donors (Lipinski definition) is 0. The van der Waals surface area contributed by atoms with E-state index in [1.165, 1.54) is 35.1 Å². The lowest BCUT2D eigenvalue weighted by molar-refractivity contribution is -0.384. The van der Waals surface area contributed by atoms with E-state index in [4.69, 9.17) is 18.9 Å². The third kappa shape index (κ3) is 7.95. The Morgan fingerprint density at radius 3 is 2.40 bits per heavy atom. The summed E-state index contributed by atoms with van der Waals surface area (Å²) in [4.78, 5) is 54.7. The van der Waals surface area contributed by atoms with Crippen molar-refractivity contribution in [2.75, 3.05) is 26.9 Å². The number of non-ortho nitro benzene ring substituents is 1. The Labute approximate surface area is 298 Å². The summed E-state index contributed by atoms with van der Waals surface area (Å²) in [7, 11) is 1.26. The number of nitro benzene ring substituents is 1. The minimum absolute atomic E-state index is 0.00149. The molecular formula is C35H32BrN3O10S. The van der Waals surface area contributed by atoms with Crippen LogP contribution >= 0.6 is 27.3 Å². The van der Waals surface area contributed by atoms with Gasteiger partial charge in [-0.05, 0) is 95.9 Å². The van der Waals surface area contributed by atoms with Gasteiger partial charge in [0.05, 0.1) is 51.6 Å². The van der Waals surface area contributed by atoms with Crippen molar-refractivity contribution >= 4 is 51.0 Å². The number of benzene rings is 3. The lowest BCUT2D eigenvalue weighted by Gasteiger charge is -2.25. The molecule has 3 aromatic carbocycles. The molecule has 1 aromatic heterocycles. The molecule has 0 fully saturated rings. The van der Waals surface area contributed by atoms with Gasteiger partial charge in [0.2, 0.25) is 0 Å². The smallest absolute Gasteiger partial charge is 0.343 e. The predicted octanol–water partition coefficient (Wildman–Crippen LogP) is 5.00. The quantitative estimate of drug-likeness (QED) is 0.103. The summed E-state index contributed by atoms with van der Waals surface area (Å²) >= 11 is 4.71. The van der Waals surface area contributed by atoms with Crippen molar-refractivity contribution in [1.82, 2.24) is 4.57 Å². The van der Waals surface area contributed by atoms with Crippen LogP contribution in [0.25, 0.3) is 6.08 Å². The van der Waals surface area contributed by atoms with Crippen LogP contribution in [-0.4, -0.2) is 48.4 Å². The number of rotatable bonds is 13. The Bertz CT molecular complexity index is 2160. The molecule has 1 atom stereocenters.